The molecule has 1 aliphatic rings. The lowest BCUT2D eigenvalue weighted by molar-refractivity contribution is -0.536. The Morgan fingerprint density at radius 1 is 1.47 bits per heavy atom. The Labute approximate surface area is 172 Å². The largest absolute Gasteiger partial charge is 0.478 e. The second kappa shape index (κ2) is 9.06. The van der Waals surface area contributed by atoms with Gasteiger partial charge < -0.3 is 15.2 Å². The van der Waals surface area contributed by atoms with Gasteiger partial charge in [-0.05, 0) is 31.9 Å². The van der Waals surface area contributed by atoms with Crippen molar-refractivity contribution in [3.05, 3.63) is 75.5 Å². The first-order valence-electron chi connectivity index (χ1n) is 9.29. The van der Waals surface area contributed by atoms with Crippen LogP contribution >= 0.6 is 0 Å². The first kappa shape index (κ1) is 23.1. The number of alkyl halides is 2. The van der Waals surface area contributed by atoms with Crippen LogP contribution in [-0.2, 0) is 4.79 Å². The van der Waals surface area contributed by atoms with E-state index >= 15 is 0 Å². The van der Waals surface area contributed by atoms with Crippen molar-refractivity contribution in [1.82, 2.24) is 5.32 Å². The number of carbonyl (C=O) groups is 1. The van der Waals surface area contributed by atoms with Crippen molar-refractivity contribution in [3.8, 4) is 5.75 Å². The highest BCUT2D eigenvalue weighted by Crippen LogP contribution is 2.46. The van der Waals surface area contributed by atoms with Crippen LogP contribution in [0.3, 0.4) is 0 Å². The van der Waals surface area contributed by atoms with Gasteiger partial charge in [-0.3, -0.25) is 10.1 Å². The molecule has 0 aliphatic carbocycles. The minimum absolute atomic E-state index is 0.0121. The van der Waals surface area contributed by atoms with Crippen LogP contribution in [-0.4, -0.2) is 34.2 Å². The summed E-state index contributed by atoms with van der Waals surface area (Å²) >= 11 is 0. The van der Waals surface area contributed by atoms with Crippen LogP contribution in [0.25, 0.3) is 0 Å². The Hall–Kier alpha value is -3.23. The molecule has 30 heavy (non-hydrogen) atoms. The van der Waals surface area contributed by atoms with Crippen molar-refractivity contribution in [2.75, 3.05) is 0 Å². The van der Waals surface area contributed by atoms with Crippen LogP contribution in [0.15, 0.2) is 59.8 Å². The van der Waals surface area contributed by atoms with Crippen LogP contribution in [0.2, 0.25) is 0 Å². The number of para-hydroxylation sites is 1. The molecule has 2 rings (SSSR count). The van der Waals surface area contributed by atoms with Gasteiger partial charge in [0, 0.05) is 16.2 Å². The van der Waals surface area contributed by atoms with E-state index in [1.165, 1.54) is 37.3 Å². The van der Waals surface area contributed by atoms with Gasteiger partial charge in [0.25, 0.3) is 0 Å². The summed E-state index contributed by atoms with van der Waals surface area (Å²) < 4.78 is 30.5. The van der Waals surface area contributed by atoms with Gasteiger partial charge in [0.15, 0.2) is 0 Å². The molecule has 1 aromatic carbocycles. The molecule has 0 spiro atoms. The van der Waals surface area contributed by atoms with Gasteiger partial charge in [-0.2, -0.15) is 8.78 Å². The normalized spacial score (nSPS) is 24.4. The molecule has 1 aliphatic heterocycles. The number of nitrogens with one attached hydrogen (secondary N) is 1. The zero-order valence-electron chi connectivity index (χ0n) is 16.9. The maximum absolute atomic E-state index is 13.0. The second-order valence-electron chi connectivity index (χ2n) is 7.08. The van der Waals surface area contributed by atoms with Gasteiger partial charge in [0.1, 0.15) is 11.3 Å². The summed E-state index contributed by atoms with van der Waals surface area (Å²) in [7, 11) is 0. The van der Waals surface area contributed by atoms with Crippen LogP contribution in [0.5, 0.6) is 5.75 Å². The number of benzene rings is 1. The van der Waals surface area contributed by atoms with Gasteiger partial charge in [-0.1, -0.05) is 43.9 Å². The molecule has 7 nitrogen and oxygen atoms in total. The van der Waals surface area contributed by atoms with Crippen molar-refractivity contribution < 1.29 is 28.3 Å². The van der Waals surface area contributed by atoms with Crippen molar-refractivity contribution in [3.63, 3.8) is 0 Å². The predicted octanol–water partition coefficient (Wildman–Crippen LogP) is 4.26. The lowest BCUT2D eigenvalue weighted by Gasteiger charge is -2.44. The molecule has 2 N–H and O–H groups in total. The van der Waals surface area contributed by atoms with Gasteiger partial charge in [0.2, 0.25) is 6.04 Å². The summed E-state index contributed by atoms with van der Waals surface area (Å²) in [5, 5.41) is 25.1. The Morgan fingerprint density at radius 3 is 2.60 bits per heavy atom. The summed E-state index contributed by atoms with van der Waals surface area (Å²) in [6.07, 6.45) is 3.57. The Bertz CT molecular complexity index is 912. The van der Waals surface area contributed by atoms with Crippen molar-refractivity contribution in [1.29, 1.82) is 0 Å². The molecule has 3 atom stereocenters. The van der Waals surface area contributed by atoms with Crippen molar-refractivity contribution in [2.45, 2.75) is 51.3 Å². The SMILES string of the molecule is C=CC=C(CC)C1(C)NC(C)=C(C(=O)O)C(c2ccccc2OC(F)F)C1[N+](=O)[O-]. The second-order valence-corrected chi connectivity index (χ2v) is 7.08. The van der Waals surface area contributed by atoms with E-state index in [4.69, 9.17) is 0 Å². The Kier molecular flexibility index (Phi) is 6.96. The minimum atomic E-state index is -3.17. The molecule has 0 bridgehead atoms. The quantitative estimate of drug-likeness (QED) is 0.369. The zero-order valence-corrected chi connectivity index (χ0v) is 16.9. The Balaban J connectivity index is 2.87. The average Bonchev–Trinajstić information content (AvgIpc) is 2.64. The molecular weight excluding hydrogens is 398 g/mol. The molecule has 0 aromatic heterocycles. The molecule has 0 radical (unpaired) electrons. The highest BCUT2D eigenvalue weighted by atomic mass is 19.3. The van der Waals surface area contributed by atoms with Gasteiger partial charge in [-0.25, -0.2) is 4.79 Å². The fraction of sp³-hybridized carbons (Fsp3) is 0.381. The number of hydrogen-bond donors (Lipinski definition) is 2. The van der Waals surface area contributed by atoms with Crippen LogP contribution in [0.1, 0.15) is 38.7 Å². The van der Waals surface area contributed by atoms with Crippen LogP contribution in [0, 0.1) is 10.1 Å². The number of nitrogens with zero attached hydrogens (tertiary/aromatic N) is 1. The minimum Gasteiger partial charge on any atom is -0.478 e. The number of ether oxygens (including phenoxy) is 1. The van der Waals surface area contributed by atoms with Gasteiger partial charge in [0.05, 0.1) is 11.5 Å². The van der Waals surface area contributed by atoms with Gasteiger partial charge >= 0.3 is 12.6 Å². The lowest BCUT2D eigenvalue weighted by Crippen LogP contribution is -2.62. The molecule has 3 unspecified atom stereocenters. The lowest BCUT2D eigenvalue weighted by atomic mass is 9.68. The number of carboxylic acids is 1. The molecule has 162 valence electrons. The van der Waals surface area contributed by atoms with E-state index in [1.54, 1.807) is 13.0 Å². The zero-order chi connectivity index (χ0) is 22.6. The standard InChI is InChI=1S/C21H24F2N2O5/c1-5-9-13(6-2)21(4)18(25(28)29)17(16(19(26)27)12(3)24-21)14-10-7-8-11-15(14)30-20(22)23/h5,7-11,17-18,20,24H,1,6H2,2-4H3,(H,26,27). The maximum atomic E-state index is 13.0. The third-order valence-electron chi connectivity index (χ3n) is 5.36. The van der Waals surface area contributed by atoms with Crippen LogP contribution in [0.4, 0.5) is 8.78 Å². The molecule has 0 fully saturated rings. The van der Waals surface area contributed by atoms with Crippen molar-refractivity contribution >= 4 is 5.97 Å². The van der Waals surface area contributed by atoms with E-state index in [2.05, 4.69) is 16.6 Å². The van der Waals surface area contributed by atoms with E-state index in [0.29, 0.717) is 12.0 Å². The molecule has 0 saturated heterocycles. The third-order valence-corrected chi connectivity index (χ3v) is 5.36. The monoisotopic (exact) mass is 422 g/mol. The Morgan fingerprint density at radius 2 is 2.10 bits per heavy atom. The topological polar surface area (TPSA) is 102 Å². The van der Waals surface area contributed by atoms with E-state index < -0.39 is 35.0 Å². The fourth-order valence-corrected chi connectivity index (χ4v) is 4.22. The summed E-state index contributed by atoms with van der Waals surface area (Å²) in [6, 6.07) is 4.05. The van der Waals surface area contributed by atoms with Crippen LogP contribution < -0.4 is 10.1 Å². The number of rotatable bonds is 8. The summed E-state index contributed by atoms with van der Waals surface area (Å²) in [4.78, 5) is 23.8. The summed E-state index contributed by atoms with van der Waals surface area (Å²) in [5.74, 6) is -3.01. The summed E-state index contributed by atoms with van der Waals surface area (Å²) in [5.41, 5.74) is -0.715. The maximum Gasteiger partial charge on any atom is 0.387 e. The average molecular weight is 422 g/mol. The van der Waals surface area contributed by atoms with E-state index in [0.717, 1.165) is 0 Å². The molecule has 0 amide bonds. The predicted molar refractivity (Wildman–Crippen MR) is 107 cm³/mol. The number of nitro groups is 1. The highest BCUT2D eigenvalue weighted by Gasteiger charge is 2.56. The number of allylic oxidation sites excluding steroid dienone is 3. The van der Waals surface area contributed by atoms with E-state index in [9.17, 15) is 28.8 Å². The molecule has 0 saturated carbocycles. The molecular formula is C21H24F2N2O5. The first-order valence-corrected chi connectivity index (χ1v) is 9.29. The fourth-order valence-electron chi connectivity index (χ4n) is 4.22. The number of halogens is 2. The summed E-state index contributed by atoms with van der Waals surface area (Å²) in [6.45, 7) is 5.40. The smallest absolute Gasteiger partial charge is 0.387 e. The number of hydrogen-bond acceptors (Lipinski definition) is 5. The van der Waals surface area contributed by atoms with Gasteiger partial charge in [-0.15, -0.1) is 0 Å². The highest BCUT2D eigenvalue weighted by molar-refractivity contribution is 5.90. The number of carboxylic acid groups (broad SMARTS) is 1. The number of aliphatic carboxylic acids is 1. The molecule has 1 aromatic rings. The molecule has 1 heterocycles. The van der Waals surface area contributed by atoms with E-state index in [-0.39, 0.29) is 22.6 Å². The van der Waals surface area contributed by atoms with E-state index in [1.807, 2.05) is 6.92 Å². The molecule has 9 heteroatoms. The third kappa shape index (κ3) is 4.19. The first-order chi connectivity index (χ1) is 14.1. The van der Waals surface area contributed by atoms with Crippen molar-refractivity contribution in [2.24, 2.45) is 0 Å².